The minimum atomic E-state index is -0.382. The third-order valence-electron chi connectivity index (χ3n) is 8.30. The van der Waals surface area contributed by atoms with Crippen LogP contribution in [0.25, 0.3) is 0 Å². The number of carbonyl (C=O) groups is 2. The molecule has 2 aliphatic rings. The molecule has 1 atom stereocenters. The van der Waals surface area contributed by atoms with Crippen LogP contribution in [-0.4, -0.2) is 23.3 Å². The molecule has 1 saturated carbocycles. The molecule has 1 aromatic heterocycles. The number of furan rings is 1. The zero-order chi connectivity index (χ0) is 29.1. The van der Waals surface area contributed by atoms with Gasteiger partial charge in [-0.1, -0.05) is 60.9 Å². The highest BCUT2D eigenvalue weighted by Crippen LogP contribution is 2.40. The predicted octanol–water partition coefficient (Wildman–Crippen LogP) is 6.90. The topological polar surface area (TPSA) is 71.8 Å². The van der Waals surface area contributed by atoms with Crippen molar-refractivity contribution in [3.63, 3.8) is 0 Å². The maximum absolute atomic E-state index is 13.7. The van der Waals surface area contributed by atoms with Crippen LogP contribution in [0.5, 0.6) is 5.75 Å². The molecule has 0 saturated heterocycles. The Labute approximate surface area is 245 Å². The molecule has 1 aliphatic heterocycles. The molecule has 1 aliphatic carbocycles. The number of hydrogen-bond donors (Lipinski definition) is 1. The fourth-order valence-electron chi connectivity index (χ4n) is 6.18. The van der Waals surface area contributed by atoms with Gasteiger partial charge in [-0.15, -0.1) is 0 Å². The van der Waals surface area contributed by atoms with Crippen LogP contribution < -0.4 is 10.1 Å². The van der Waals surface area contributed by atoms with E-state index in [2.05, 4.69) is 47.5 Å². The monoisotopic (exact) mass is 566 g/mol. The summed E-state index contributed by atoms with van der Waals surface area (Å²) in [6.45, 7) is 3.13. The number of benzene rings is 3. The summed E-state index contributed by atoms with van der Waals surface area (Å²) in [7, 11) is 0. The molecular weight excluding hydrogens is 531 g/mol. The molecule has 0 spiro atoms. The van der Waals surface area contributed by atoms with E-state index < -0.39 is 0 Å². The lowest BCUT2D eigenvalue weighted by Crippen LogP contribution is -2.43. The first-order valence-electron chi connectivity index (χ1n) is 14.7. The van der Waals surface area contributed by atoms with E-state index >= 15 is 0 Å². The Morgan fingerprint density at radius 1 is 1.00 bits per heavy atom. The highest BCUT2D eigenvalue weighted by atomic mass is 19.1. The second kappa shape index (κ2) is 12.2. The highest BCUT2D eigenvalue weighted by molar-refractivity contribution is 5.91. The average Bonchev–Trinajstić information content (AvgIpc) is 3.71. The number of nitrogens with zero attached hydrogens (tertiary/aromatic N) is 1. The van der Waals surface area contributed by atoms with Gasteiger partial charge in [0.25, 0.3) is 5.91 Å². The standard InChI is InChI=1S/C35H35FN2O4/c1-23-6-4-10-27(18-23)33-31-20-29(13-12-25(31)16-17-38(33)35(40)26-8-2-3-9-26)41-22-30-14-15-32(42-30)34(39)37-21-24-7-5-11-28(36)19-24/h4-7,10-15,18-20,26,33H,2-3,8-9,16-17,21-22H2,1H3,(H,37,39)/t33-/m1/s1. The number of carbonyl (C=O) groups excluding carboxylic acids is 2. The van der Waals surface area contributed by atoms with Crippen LogP contribution in [0.1, 0.15) is 75.9 Å². The fraction of sp³-hybridized carbons (Fsp3) is 0.314. The number of aryl methyl sites for hydroxylation is 1. The van der Waals surface area contributed by atoms with E-state index in [-0.39, 0.29) is 48.5 Å². The molecule has 2 amide bonds. The van der Waals surface area contributed by atoms with E-state index in [0.29, 0.717) is 23.6 Å². The molecule has 6 nitrogen and oxygen atoms in total. The second-order valence-corrected chi connectivity index (χ2v) is 11.3. The van der Waals surface area contributed by atoms with Gasteiger partial charge < -0.3 is 19.4 Å². The van der Waals surface area contributed by atoms with Crippen LogP contribution in [0.4, 0.5) is 4.39 Å². The number of ether oxygens (including phenoxy) is 1. The van der Waals surface area contributed by atoms with Gasteiger partial charge >= 0.3 is 0 Å². The Balaban J connectivity index is 1.17. The molecule has 1 fully saturated rings. The van der Waals surface area contributed by atoms with Crippen molar-refractivity contribution in [2.24, 2.45) is 5.92 Å². The summed E-state index contributed by atoms with van der Waals surface area (Å²) >= 11 is 0. The summed E-state index contributed by atoms with van der Waals surface area (Å²) < 4.78 is 25.3. The summed E-state index contributed by atoms with van der Waals surface area (Å²) in [6, 6.07) is 23.8. The Bertz CT molecular complexity index is 1590. The lowest BCUT2D eigenvalue weighted by Gasteiger charge is -2.39. The molecule has 6 rings (SSSR count). The first-order valence-corrected chi connectivity index (χ1v) is 14.7. The first kappa shape index (κ1) is 27.8. The summed E-state index contributed by atoms with van der Waals surface area (Å²) in [5.74, 6) is 0.988. The van der Waals surface area contributed by atoms with Crippen molar-refractivity contribution >= 4 is 11.8 Å². The Hall–Kier alpha value is -4.39. The van der Waals surface area contributed by atoms with Crippen LogP contribution in [0.3, 0.4) is 0 Å². The van der Waals surface area contributed by atoms with Gasteiger partial charge in [-0.25, -0.2) is 4.39 Å². The lowest BCUT2D eigenvalue weighted by molar-refractivity contribution is -0.137. The maximum atomic E-state index is 13.7. The normalized spacial score (nSPS) is 16.7. The van der Waals surface area contributed by atoms with Gasteiger partial charge in [0.05, 0.1) is 6.04 Å². The Morgan fingerprint density at radius 2 is 1.83 bits per heavy atom. The third kappa shape index (κ3) is 6.10. The van der Waals surface area contributed by atoms with Gasteiger partial charge in [0.2, 0.25) is 5.91 Å². The Morgan fingerprint density at radius 3 is 2.64 bits per heavy atom. The van der Waals surface area contributed by atoms with Gasteiger partial charge in [-0.3, -0.25) is 9.59 Å². The van der Waals surface area contributed by atoms with Crippen LogP contribution >= 0.6 is 0 Å². The van der Waals surface area contributed by atoms with Crippen molar-refractivity contribution in [3.8, 4) is 5.75 Å². The molecule has 4 aromatic rings. The summed E-state index contributed by atoms with van der Waals surface area (Å²) in [5.41, 5.74) is 5.25. The largest absolute Gasteiger partial charge is 0.486 e. The Kier molecular flexibility index (Phi) is 8.08. The van der Waals surface area contributed by atoms with Crippen molar-refractivity contribution in [2.45, 2.75) is 58.2 Å². The third-order valence-corrected chi connectivity index (χ3v) is 8.30. The average molecular weight is 567 g/mol. The van der Waals surface area contributed by atoms with Crippen molar-refractivity contribution in [1.29, 1.82) is 0 Å². The molecule has 0 unspecified atom stereocenters. The number of halogens is 1. The molecule has 1 N–H and O–H groups in total. The summed E-state index contributed by atoms with van der Waals surface area (Å²) in [5, 5.41) is 2.75. The van der Waals surface area contributed by atoms with Crippen molar-refractivity contribution in [3.05, 3.63) is 124 Å². The maximum Gasteiger partial charge on any atom is 0.287 e. The van der Waals surface area contributed by atoms with E-state index in [1.807, 2.05) is 12.1 Å². The minimum absolute atomic E-state index is 0.109. The zero-order valence-electron chi connectivity index (χ0n) is 23.8. The lowest BCUT2D eigenvalue weighted by atomic mass is 9.86. The molecule has 0 radical (unpaired) electrons. The molecule has 216 valence electrons. The zero-order valence-corrected chi connectivity index (χ0v) is 23.8. The molecular formula is C35H35FN2O4. The van der Waals surface area contributed by atoms with Crippen molar-refractivity contribution < 1.29 is 23.1 Å². The van der Waals surface area contributed by atoms with Crippen LogP contribution in [0.2, 0.25) is 0 Å². The second-order valence-electron chi connectivity index (χ2n) is 11.3. The number of amides is 2. The van der Waals surface area contributed by atoms with Gasteiger partial charge in [0.1, 0.15) is 23.9 Å². The quantitative estimate of drug-likeness (QED) is 0.252. The summed E-state index contributed by atoms with van der Waals surface area (Å²) in [4.78, 5) is 28.3. The number of nitrogens with one attached hydrogen (secondary N) is 1. The highest BCUT2D eigenvalue weighted by Gasteiger charge is 2.36. The first-order chi connectivity index (χ1) is 20.4. The summed E-state index contributed by atoms with van der Waals surface area (Å²) in [6.07, 6.45) is 5.00. The molecule has 3 aromatic carbocycles. The molecule has 0 bridgehead atoms. The number of fused-ring (bicyclic) bond motifs is 1. The predicted molar refractivity (Wildman–Crippen MR) is 157 cm³/mol. The van der Waals surface area contributed by atoms with Crippen LogP contribution in [-0.2, 0) is 24.4 Å². The number of hydrogen-bond acceptors (Lipinski definition) is 4. The van der Waals surface area contributed by atoms with Crippen molar-refractivity contribution in [2.75, 3.05) is 6.54 Å². The smallest absolute Gasteiger partial charge is 0.287 e. The van der Waals surface area contributed by atoms with Gasteiger partial charge in [-0.2, -0.15) is 0 Å². The van der Waals surface area contributed by atoms with E-state index in [0.717, 1.165) is 48.8 Å². The van der Waals surface area contributed by atoms with Gasteiger partial charge in [0.15, 0.2) is 5.76 Å². The molecule has 2 heterocycles. The minimum Gasteiger partial charge on any atom is -0.486 e. The SMILES string of the molecule is Cc1cccc([C@@H]2c3cc(OCc4ccc(C(=O)NCc5cccc(F)c5)o4)ccc3CCN2C(=O)C2CCCC2)c1. The van der Waals surface area contributed by atoms with E-state index in [9.17, 15) is 14.0 Å². The van der Waals surface area contributed by atoms with E-state index in [1.165, 1.54) is 17.7 Å². The number of rotatable bonds is 8. The fourth-order valence-corrected chi connectivity index (χ4v) is 6.18. The molecule has 7 heteroatoms. The van der Waals surface area contributed by atoms with E-state index in [1.54, 1.807) is 24.3 Å². The van der Waals surface area contributed by atoms with Crippen LogP contribution in [0, 0.1) is 18.7 Å². The van der Waals surface area contributed by atoms with Gasteiger partial charge in [-0.05, 0) is 84.8 Å². The van der Waals surface area contributed by atoms with Crippen molar-refractivity contribution in [1.82, 2.24) is 10.2 Å². The van der Waals surface area contributed by atoms with Crippen LogP contribution in [0.15, 0.2) is 83.3 Å². The van der Waals surface area contributed by atoms with E-state index in [4.69, 9.17) is 9.15 Å². The van der Waals surface area contributed by atoms with Gasteiger partial charge in [0, 0.05) is 19.0 Å². The molecule has 42 heavy (non-hydrogen) atoms.